The third kappa shape index (κ3) is 4.37. The Kier molecular flexibility index (Phi) is 6.16. The Labute approximate surface area is 142 Å². The number of carboxylic acids is 1. The van der Waals surface area contributed by atoms with Gasteiger partial charge in [0.15, 0.2) is 11.5 Å². The summed E-state index contributed by atoms with van der Waals surface area (Å²) in [7, 11) is 0. The molecule has 1 aromatic carbocycles. The van der Waals surface area contributed by atoms with Gasteiger partial charge < -0.3 is 40.5 Å². The molecule has 1 heterocycles. The minimum atomic E-state index is -1.63. The van der Waals surface area contributed by atoms with Crippen LogP contribution in [0, 0.1) is 0 Å². The molecule has 10 heteroatoms. The fourth-order valence-electron chi connectivity index (χ4n) is 2.59. The summed E-state index contributed by atoms with van der Waals surface area (Å²) in [6.07, 6.45) is -7.43. The molecular formula is C15H21NO9. The molecule has 25 heavy (non-hydrogen) atoms. The van der Waals surface area contributed by atoms with E-state index in [4.69, 9.17) is 9.84 Å². The predicted octanol–water partition coefficient (Wildman–Crippen LogP) is -2.52. The number of phenolic OH excluding ortho intramolecular Hbond substituents is 2. The average Bonchev–Trinajstić information content (AvgIpc) is 2.57. The van der Waals surface area contributed by atoms with Crippen LogP contribution in [0.5, 0.6) is 11.5 Å². The van der Waals surface area contributed by atoms with E-state index in [0.717, 1.165) is 0 Å². The number of carboxylic acid groups (broad SMARTS) is 1. The van der Waals surface area contributed by atoms with Crippen molar-refractivity contribution < 1.29 is 45.3 Å². The van der Waals surface area contributed by atoms with E-state index >= 15 is 0 Å². The fourth-order valence-corrected chi connectivity index (χ4v) is 2.59. The van der Waals surface area contributed by atoms with Crippen molar-refractivity contribution >= 4 is 5.97 Å². The highest BCUT2D eigenvalue weighted by atomic mass is 16.6. The SMILES string of the molecule is O=C(O)C(Cc1ccc(O)c(O)c1)NC1O[C@H](CO)[C@@H](O)[C@H](O)[C@H]1O. The summed E-state index contributed by atoms with van der Waals surface area (Å²) >= 11 is 0. The number of hydrogen-bond donors (Lipinski definition) is 8. The maximum Gasteiger partial charge on any atom is 0.321 e. The van der Waals surface area contributed by atoms with Crippen LogP contribution in [0.25, 0.3) is 0 Å². The number of carbonyl (C=O) groups is 1. The summed E-state index contributed by atoms with van der Waals surface area (Å²) < 4.78 is 5.22. The number of ether oxygens (including phenoxy) is 1. The van der Waals surface area contributed by atoms with Gasteiger partial charge in [0.1, 0.15) is 36.7 Å². The van der Waals surface area contributed by atoms with Crippen LogP contribution in [-0.2, 0) is 16.0 Å². The standard InChI is InChI=1S/C15H21NO9/c17-5-10-11(20)12(21)13(22)14(25-10)16-7(15(23)24)3-6-1-2-8(18)9(19)4-6/h1-2,4,7,10-14,16-22H,3,5H2,(H,23,24)/t7?,10-,11-,12+,13-,14?/m1/s1. The van der Waals surface area contributed by atoms with Gasteiger partial charge in [0.25, 0.3) is 0 Å². The third-order valence-electron chi connectivity index (χ3n) is 4.04. The second kappa shape index (κ2) is 7.95. The molecule has 1 aliphatic heterocycles. The smallest absolute Gasteiger partial charge is 0.321 e. The number of aliphatic hydroxyl groups is 4. The second-order valence-electron chi connectivity index (χ2n) is 5.83. The van der Waals surface area contributed by atoms with Gasteiger partial charge in [0, 0.05) is 0 Å². The molecule has 0 radical (unpaired) electrons. The van der Waals surface area contributed by atoms with Crippen LogP contribution < -0.4 is 5.32 Å². The zero-order valence-electron chi connectivity index (χ0n) is 13.1. The van der Waals surface area contributed by atoms with E-state index in [0.29, 0.717) is 5.56 Å². The molecular weight excluding hydrogens is 338 g/mol. The average molecular weight is 359 g/mol. The molecule has 0 spiro atoms. The number of nitrogens with one attached hydrogen (secondary N) is 1. The zero-order chi connectivity index (χ0) is 18.7. The first-order valence-corrected chi connectivity index (χ1v) is 7.54. The molecule has 140 valence electrons. The molecule has 0 aromatic heterocycles. The molecule has 2 rings (SSSR count). The Hall–Kier alpha value is -1.95. The van der Waals surface area contributed by atoms with Crippen molar-refractivity contribution in [3.8, 4) is 11.5 Å². The number of hydrogen-bond acceptors (Lipinski definition) is 9. The molecule has 0 aliphatic carbocycles. The van der Waals surface area contributed by atoms with E-state index in [1.165, 1.54) is 18.2 Å². The van der Waals surface area contributed by atoms with Gasteiger partial charge >= 0.3 is 5.97 Å². The molecule has 0 saturated carbocycles. The van der Waals surface area contributed by atoms with Crippen LogP contribution >= 0.6 is 0 Å². The highest BCUT2D eigenvalue weighted by molar-refractivity contribution is 5.74. The lowest BCUT2D eigenvalue weighted by Gasteiger charge is -2.41. The first kappa shape index (κ1) is 19.4. The van der Waals surface area contributed by atoms with Crippen LogP contribution in [-0.4, -0.2) is 85.0 Å². The summed E-state index contributed by atoms with van der Waals surface area (Å²) in [6.45, 7) is -0.632. The summed E-state index contributed by atoms with van der Waals surface area (Å²) in [5, 5.41) is 69.2. The van der Waals surface area contributed by atoms with Crippen molar-refractivity contribution in [3.63, 3.8) is 0 Å². The van der Waals surface area contributed by atoms with Crippen molar-refractivity contribution in [1.82, 2.24) is 5.32 Å². The van der Waals surface area contributed by atoms with Crippen molar-refractivity contribution in [2.45, 2.75) is 43.1 Å². The normalized spacial score (nSPS) is 30.8. The third-order valence-corrected chi connectivity index (χ3v) is 4.04. The zero-order valence-corrected chi connectivity index (χ0v) is 13.1. The van der Waals surface area contributed by atoms with Crippen LogP contribution in [0.4, 0.5) is 0 Å². The predicted molar refractivity (Wildman–Crippen MR) is 81.8 cm³/mol. The van der Waals surface area contributed by atoms with Crippen LogP contribution in [0.2, 0.25) is 0 Å². The van der Waals surface area contributed by atoms with E-state index in [1.807, 2.05) is 0 Å². The molecule has 0 amide bonds. The van der Waals surface area contributed by atoms with E-state index in [-0.39, 0.29) is 12.2 Å². The first-order chi connectivity index (χ1) is 11.7. The molecule has 0 bridgehead atoms. The highest BCUT2D eigenvalue weighted by Crippen LogP contribution is 2.26. The molecule has 8 N–H and O–H groups in total. The lowest BCUT2D eigenvalue weighted by molar-refractivity contribution is -0.238. The van der Waals surface area contributed by atoms with Crippen molar-refractivity contribution in [1.29, 1.82) is 0 Å². The number of phenols is 2. The largest absolute Gasteiger partial charge is 0.504 e. The van der Waals surface area contributed by atoms with Gasteiger partial charge in [-0.3, -0.25) is 10.1 Å². The topological polar surface area (TPSA) is 180 Å². The number of aliphatic carboxylic acids is 1. The maximum absolute atomic E-state index is 11.5. The second-order valence-corrected chi connectivity index (χ2v) is 5.83. The Morgan fingerprint density at radius 3 is 2.36 bits per heavy atom. The number of rotatable bonds is 6. The monoisotopic (exact) mass is 359 g/mol. The van der Waals surface area contributed by atoms with Crippen LogP contribution in [0.1, 0.15) is 5.56 Å². The summed E-state index contributed by atoms with van der Waals surface area (Å²) in [5.41, 5.74) is 0.389. The first-order valence-electron chi connectivity index (χ1n) is 7.54. The van der Waals surface area contributed by atoms with Crippen molar-refractivity contribution in [2.75, 3.05) is 6.61 Å². The molecule has 1 fully saturated rings. The number of aromatic hydroxyl groups is 2. The summed E-state index contributed by atoms with van der Waals surface area (Å²) in [5.74, 6) is -2.04. The van der Waals surface area contributed by atoms with Gasteiger partial charge in [-0.2, -0.15) is 0 Å². The Bertz CT molecular complexity index is 609. The van der Waals surface area contributed by atoms with E-state index < -0.39 is 55.0 Å². The van der Waals surface area contributed by atoms with E-state index in [1.54, 1.807) is 0 Å². The Morgan fingerprint density at radius 1 is 1.12 bits per heavy atom. The number of aliphatic hydroxyl groups excluding tert-OH is 4. The van der Waals surface area contributed by atoms with Crippen LogP contribution in [0.15, 0.2) is 18.2 Å². The Morgan fingerprint density at radius 2 is 1.80 bits per heavy atom. The van der Waals surface area contributed by atoms with Gasteiger partial charge in [-0.15, -0.1) is 0 Å². The van der Waals surface area contributed by atoms with Gasteiger partial charge in [-0.1, -0.05) is 6.07 Å². The quantitative estimate of drug-likeness (QED) is 0.253. The molecule has 2 unspecified atom stereocenters. The van der Waals surface area contributed by atoms with Gasteiger partial charge in [-0.25, -0.2) is 0 Å². The molecule has 1 saturated heterocycles. The summed E-state index contributed by atoms with van der Waals surface area (Å²) in [4.78, 5) is 11.5. The lowest BCUT2D eigenvalue weighted by atomic mass is 9.97. The van der Waals surface area contributed by atoms with Crippen molar-refractivity contribution in [3.05, 3.63) is 23.8 Å². The Balaban J connectivity index is 2.12. The minimum Gasteiger partial charge on any atom is -0.504 e. The molecule has 1 aromatic rings. The summed E-state index contributed by atoms with van der Waals surface area (Å²) in [6, 6.07) is 2.54. The van der Waals surface area contributed by atoms with Gasteiger partial charge in [0.05, 0.1) is 6.61 Å². The van der Waals surface area contributed by atoms with Crippen LogP contribution in [0.3, 0.4) is 0 Å². The number of benzene rings is 1. The highest BCUT2D eigenvalue weighted by Gasteiger charge is 2.44. The fraction of sp³-hybridized carbons (Fsp3) is 0.533. The van der Waals surface area contributed by atoms with E-state index in [9.17, 15) is 35.4 Å². The molecule has 1 aliphatic rings. The van der Waals surface area contributed by atoms with Gasteiger partial charge in [-0.05, 0) is 24.1 Å². The minimum absolute atomic E-state index is 0.127. The van der Waals surface area contributed by atoms with E-state index in [2.05, 4.69) is 5.32 Å². The molecule has 6 atom stereocenters. The lowest BCUT2D eigenvalue weighted by Crippen LogP contribution is -2.64. The molecule has 10 nitrogen and oxygen atoms in total. The van der Waals surface area contributed by atoms with Crippen molar-refractivity contribution in [2.24, 2.45) is 0 Å². The van der Waals surface area contributed by atoms with Gasteiger partial charge in [0.2, 0.25) is 0 Å². The maximum atomic E-state index is 11.5.